The molecule has 1 atom stereocenters. The number of hydrogen-bond acceptors (Lipinski definition) is 1. The Morgan fingerprint density at radius 1 is 1.44 bits per heavy atom. The summed E-state index contributed by atoms with van der Waals surface area (Å²) in [6.07, 6.45) is 3.71. The van der Waals surface area contributed by atoms with Gasteiger partial charge in [-0.15, -0.1) is 0 Å². The van der Waals surface area contributed by atoms with Crippen molar-refractivity contribution in [2.24, 2.45) is 5.41 Å². The number of nitrogens with one attached hydrogen (secondary N) is 1. The maximum absolute atomic E-state index is 13.0. The molecule has 0 amide bonds. The number of benzene rings is 1. The Morgan fingerprint density at radius 3 is 2.75 bits per heavy atom. The van der Waals surface area contributed by atoms with Gasteiger partial charge in [-0.05, 0) is 52.4 Å². The van der Waals surface area contributed by atoms with Gasteiger partial charge in [-0.2, -0.15) is 0 Å². The molecule has 1 saturated carbocycles. The first kappa shape index (κ1) is 11.9. The van der Waals surface area contributed by atoms with Crippen LogP contribution in [0.2, 0.25) is 0 Å². The molecule has 0 aliphatic heterocycles. The van der Waals surface area contributed by atoms with Crippen molar-refractivity contribution >= 4 is 21.6 Å². The Kier molecular flexibility index (Phi) is 3.24. The second-order valence-corrected chi connectivity index (χ2v) is 6.06. The average molecular weight is 286 g/mol. The summed E-state index contributed by atoms with van der Waals surface area (Å²) in [6.45, 7) is 4.57. The highest BCUT2D eigenvalue weighted by Gasteiger charge is 2.34. The predicted molar refractivity (Wildman–Crippen MR) is 69.1 cm³/mol. The fourth-order valence-electron chi connectivity index (χ4n) is 2.39. The van der Waals surface area contributed by atoms with Crippen molar-refractivity contribution in [3.05, 3.63) is 28.5 Å². The standard InChI is InChI=1S/C13H17BrFN/c1-13(2)7-3-4-12(13)16-11-6-5-9(15)8-10(11)14/h5-6,8,12,16H,3-4,7H2,1-2H3. The number of hydrogen-bond donors (Lipinski definition) is 1. The van der Waals surface area contributed by atoms with E-state index in [1.165, 1.54) is 31.4 Å². The molecule has 2 rings (SSSR count). The van der Waals surface area contributed by atoms with Crippen molar-refractivity contribution in [3.8, 4) is 0 Å². The Bertz CT molecular complexity index is 390. The van der Waals surface area contributed by atoms with Crippen LogP contribution in [0.25, 0.3) is 0 Å². The summed E-state index contributed by atoms with van der Waals surface area (Å²) in [4.78, 5) is 0. The number of rotatable bonds is 2. The van der Waals surface area contributed by atoms with E-state index in [1.54, 1.807) is 6.07 Å². The first-order chi connectivity index (χ1) is 7.49. The molecule has 0 heterocycles. The molecule has 1 aromatic rings. The number of halogens is 2. The van der Waals surface area contributed by atoms with Gasteiger partial charge < -0.3 is 5.32 Å². The largest absolute Gasteiger partial charge is 0.381 e. The van der Waals surface area contributed by atoms with Gasteiger partial charge in [0.25, 0.3) is 0 Å². The Morgan fingerprint density at radius 2 is 2.19 bits per heavy atom. The maximum atomic E-state index is 13.0. The second-order valence-electron chi connectivity index (χ2n) is 5.20. The van der Waals surface area contributed by atoms with Crippen LogP contribution in [0.3, 0.4) is 0 Å². The average Bonchev–Trinajstić information content (AvgIpc) is 2.50. The van der Waals surface area contributed by atoms with Gasteiger partial charge in [0.1, 0.15) is 5.82 Å². The molecule has 88 valence electrons. The van der Waals surface area contributed by atoms with Gasteiger partial charge in [0.15, 0.2) is 0 Å². The Labute approximate surface area is 105 Å². The summed E-state index contributed by atoms with van der Waals surface area (Å²) in [7, 11) is 0. The SMILES string of the molecule is CC1(C)CCCC1Nc1ccc(F)cc1Br. The third kappa shape index (κ3) is 2.40. The molecule has 0 saturated heterocycles. The van der Waals surface area contributed by atoms with Gasteiger partial charge in [0.05, 0.1) is 0 Å². The molecule has 1 aromatic carbocycles. The first-order valence-electron chi connectivity index (χ1n) is 5.71. The molecule has 1 fully saturated rings. The van der Waals surface area contributed by atoms with Gasteiger partial charge in [-0.1, -0.05) is 20.3 Å². The predicted octanol–water partition coefficient (Wildman–Crippen LogP) is 4.58. The van der Waals surface area contributed by atoms with E-state index >= 15 is 0 Å². The summed E-state index contributed by atoms with van der Waals surface area (Å²) in [5.41, 5.74) is 1.31. The zero-order valence-corrected chi connectivity index (χ0v) is 11.3. The highest BCUT2D eigenvalue weighted by molar-refractivity contribution is 9.10. The minimum atomic E-state index is -0.205. The summed E-state index contributed by atoms with van der Waals surface area (Å²) in [5, 5.41) is 3.51. The summed E-state index contributed by atoms with van der Waals surface area (Å²) >= 11 is 3.39. The molecule has 1 aliphatic carbocycles. The topological polar surface area (TPSA) is 12.0 Å². The molecule has 1 nitrogen and oxygen atoms in total. The van der Waals surface area contributed by atoms with E-state index in [0.717, 1.165) is 10.2 Å². The quantitative estimate of drug-likeness (QED) is 0.839. The second kappa shape index (κ2) is 4.36. The van der Waals surface area contributed by atoms with Crippen LogP contribution < -0.4 is 5.32 Å². The van der Waals surface area contributed by atoms with Crippen LogP contribution >= 0.6 is 15.9 Å². The molecule has 0 radical (unpaired) electrons. The summed E-state index contributed by atoms with van der Waals surface area (Å²) < 4.78 is 13.8. The van der Waals surface area contributed by atoms with Crippen molar-refractivity contribution in [1.82, 2.24) is 0 Å². The number of anilines is 1. The van der Waals surface area contributed by atoms with Crippen molar-refractivity contribution in [3.63, 3.8) is 0 Å². The minimum absolute atomic E-state index is 0.205. The van der Waals surface area contributed by atoms with Gasteiger partial charge in [-0.25, -0.2) is 4.39 Å². The minimum Gasteiger partial charge on any atom is -0.381 e. The molecule has 0 aromatic heterocycles. The fraction of sp³-hybridized carbons (Fsp3) is 0.538. The van der Waals surface area contributed by atoms with E-state index in [4.69, 9.17) is 0 Å². The van der Waals surface area contributed by atoms with E-state index in [-0.39, 0.29) is 5.82 Å². The van der Waals surface area contributed by atoms with E-state index in [0.29, 0.717) is 11.5 Å². The molecule has 0 bridgehead atoms. The normalized spacial score (nSPS) is 23.4. The van der Waals surface area contributed by atoms with E-state index < -0.39 is 0 Å². The smallest absolute Gasteiger partial charge is 0.124 e. The Hall–Kier alpha value is -0.570. The van der Waals surface area contributed by atoms with Crippen LogP contribution in [0.15, 0.2) is 22.7 Å². The lowest BCUT2D eigenvalue weighted by atomic mass is 9.87. The molecule has 1 unspecified atom stereocenters. The molecular weight excluding hydrogens is 269 g/mol. The van der Waals surface area contributed by atoms with E-state index in [9.17, 15) is 4.39 Å². The molecular formula is C13H17BrFN. The van der Waals surface area contributed by atoms with Crippen molar-refractivity contribution < 1.29 is 4.39 Å². The fourth-order valence-corrected chi connectivity index (χ4v) is 2.85. The third-order valence-electron chi connectivity index (χ3n) is 3.52. The maximum Gasteiger partial charge on any atom is 0.124 e. The molecule has 1 N–H and O–H groups in total. The summed E-state index contributed by atoms with van der Waals surface area (Å²) in [5.74, 6) is -0.205. The van der Waals surface area contributed by atoms with Crippen molar-refractivity contribution in [1.29, 1.82) is 0 Å². The van der Waals surface area contributed by atoms with Crippen LogP contribution in [0.1, 0.15) is 33.1 Å². The van der Waals surface area contributed by atoms with Crippen LogP contribution in [0, 0.1) is 11.2 Å². The first-order valence-corrected chi connectivity index (χ1v) is 6.50. The van der Waals surface area contributed by atoms with Gasteiger partial charge in [-0.3, -0.25) is 0 Å². The van der Waals surface area contributed by atoms with Crippen LogP contribution in [-0.2, 0) is 0 Å². The van der Waals surface area contributed by atoms with Gasteiger partial charge >= 0.3 is 0 Å². The highest BCUT2D eigenvalue weighted by Crippen LogP contribution is 2.39. The van der Waals surface area contributed by atoms with Crippen LogP contribution in [-0.4, -0.2) is 6.04 Å². The Balaban J connectivity index is 2.15. The zero-order chi connectivity index (χ0) is 11.8. The van der Waals surface area contributed by atoms with Crippen LogP contribution in [0.5, 0.6) is 0 Å². The van der Waals surface area contributed by atoms with Gasteiger partial charge in [0, 0.05) is 16.2 Å². The molecule has 3 heteroatoms. The third-order valence-corrected chi connectivity index (χ3v) is 4.17. The highest BCUT2D eigenvalue weighted by atomic mass is 79.9. The van der Waals surface area contributed by atoms with E-state index in [1.807, 2.05) is 0 Å². The molecule has 1 aliphatic rings. The summed E-state index contributed by atoms with van der Waals surface area (Å²) in [6, 6.07) is 5.28. The van der Waals surface area contributed by atoms with Gasteiger partial charge in [0.2, 0.25) is 0 Å². The molecule has 16 heavy (non-hydrogen) atoms. The van der Waals surface area contributed by atoms with Crippen molar-refractivity contribution in [2.75, 3.05) is 5.32 Å². The van der Waals surface area contributed by atoms with E-state index in [2.05, 4.69) is 35.1 Å². The van der Waals surface area contributed by atoms with Crippen LogP contribution in [0.4, 0.5) is 10.1 Å². The molecule has 0 spiro atoms. The lowest BCUT2D eigenvalue weighted by Crippen LogP contribution is -2.30. The monoisotopic (exact) mass is 285 g/mol. The lowest BCUT2D eigenvalue weighted by Gasteiger charge is -2.29. The lowest BCUT2D eigenvalue weighted by molar-refractivity contribution is 0.350. The van der Waals surface area contributed by atoms with Crippen molar-refractivity contribution in [2.45, 2.75) is 39.2 Å². The zero-order valence-electron chi connectivity index (χ0n) is 9.69.